The van der Waals surface area contributed by atoms with Gasteiger partial charge in [0.2, 0.25) is 13.6 Å². The minimum atomic E-state index is 0.220. The number of nitrogens with zero attached hydrogens (tertiary/aromatic N) is 2. The maximum absolute atomic E-state index is 5.84. The Kier molecular flexibility index (Phi) is 3.71. The second kappa shape index (κ2) is 6.21. The van der Waals surface area contributed by atoms with Crippen LogP contribution in [0.4, 0.5) is 0 Å². The molecule has 0 unspecified atom stereocenters. The van der Waals surface area contributed by atoms with Crippen LogP contribution in [0.1, 0.15) is 12.2 Å². The van der Waals surface area contributed by atoms with E-state index in [0.717, 1.165) is 45.9 Å². The summed E-state index contributed by atoms with van der Waals surface area (Å²) in [6.07, 6.45) is 1.53. The number of rotatable bonds is 4. The molecule has 3 heterocycles. The maximum atomic E-state index is 5.84. The molecule has 0 aliphatic carbocycles. The van der Waals surface area contributed by atoms with Gasteiger partial charge in [0.05, 0.1) is 11.2 Å². The molecular formula is C19H15ClN2O4. The highest BCUT2D eigenvalue weighted by Crippen LogP contribution is 2.41. The zero-order chi connectivity index (χ0) is 17.5. The first kappa shape index (κ1) is 15.5. The predicted octanol–water partition coefficient (Wildman–Crippen LogP) is 3.93. The fourth-order valence-corrected chi connectivity index (χ4v) is 3.30. The number of aromatic nitrogens is 2. The zero-order valence-electron chi connectivity index (χ0n) is 13.8. The second-order valence-electron chi connectivity index (χ2n) is 6.07. The molecule has 0 N–H and O–H groups in total. The van der Waals surface area contributed by atoms with Crippen molar-refractivity contribution in [3.8, 4) is 34.3 Å². The minimum Gasteiger partial charge on any atom is -0.454 e. The van der Waals surface area contributed by atoms with E-state index in [1.807, 2.05) is 30.3 Å². The van der Waals surface area contributed by atoms with E-state index < -0.39 is 0 Å². The molecule has 7 heteroatoms. The normalized spacial score (nSPS) is 14.2. The number of hydrogen-bond donors (Lipinski definition) is 0. The van der Waals surface area contributed by atoms with Gasteiger partial charge in [-0.3, -0.25) is 0 Å². The summed E-state index contributed by atoms with van der Waals surface area (Å²) in [5, 5.41) is 0.905. The number of benzene rings is 2. The van der Waals surface area contributed by atoms with Gasteiger partial charge in [-0.1, -0.05) is 0 Å². The van der Waals surface area contributed by atoms with E-state index in [0.29, 0.717) is 23.8 Å². The van der Waals surface area contributed by atoms with Crippen molar-refractivity contribution in [1.82, 2.24) is 9.97 Å². The van der Waals surface area contributed by atoms with Gasteiger partial charge in [0.1, 0.15) is 5.82 Å². The molecule has 0 saturated carbocycles. The number of aryl methyl sites for hydroxylation is 1. The van der Waals surface area contributed by atoms with E-state index in [1.54, 1.807) is 0 Å². The Bertz CT molecular complexity index is 1010. The second-order valence-corrected chi connectivity index (χ2v) is 6.45. The van der Waals surface area contributed by atoms with Crippen LogP contribution < -0.4 is 18.9 Å². The van der Waals surface area contributed by atoms with Gasteiger partial charge in [0, 0.05) is 29.3 Å². The summed E-state index contributed by atoms with van der Waals surface area (Å²) in [5.74, 6) is 4.20. The van der Waals surface area contributed by atoms with E-state index >= 15 is 0 Å². The van der Waals surface area contributed by atoms with Crippen LogP contribution in [-0.4, -0.2) is 29.4 Å². The van der Waals surface area contributed by atoms with Crippen molar-refractivity contribution in [1.29, 1.82) is 0 Å². The molecule has 2 aliphatic heterocycles. The maximum Gasteiger partial charge on any atom is 0.231 e. The topological polar surface area (TPSA) is 62.7 Å². The smallest absolute Gasteiger partial charge is 0.231 e. The highest BCUT2D eigenvalue weighted by Gasteiger charge is 2.20. The highest BCUT2D eigenvalue weighted by molar-refractivity contribution is 6.17. The molecule has 0 saturated heterocycles. The molecule has 0 bridgehead atoms. The van der Waals surface area contributed by atoms with Crippen LogP contribution in [0.15, 0.2) is 30.3 Å². The van der Waals surface area contributed by atoms with Crippen LogP contribution >= 0.6 is 11.6 Å². The van der Waals surface area contributed by atoms with Crippen LogP contribution in [0.5, 0.6) is 23.0 Å². The Hall–Kier alpha value is -2.73. The third-order valence-corrected chi connectivity index (χ3v) is 4.68. The molecule has 0 radical (unpaired) electrons. The standard InChI is InChI=1S/C19H15ClN2O4/c20-5-1-2-18-21-13-8-17-16(25-10-26-17)7-12(13)19(22-18)11-3-4-14-15(6-11)24-9-23-14/h3-4,6-8H,1-2,5,9-10H2. The fourth-order valence-electron chi connectivity index (χ4n) is 3.17. The number of ether oxygens (including phenoxy) is 4. The molecule has 2 aromatic carbocycles. The van der Waals surface area contributed by atoms with Gasteiger partial charge < -0.3 is 18.9 Å². The average molecular weight is 371 g/mol. The first-order valence-corrected chi connectivity index (χ1v) is 8.91. The first-order chi connectivity index (χ1) is 12.8. The lowest BCUT2D eigenvalue weighted by Gasteiger charge is -2.10. The SMILES string of the molecule is ClCCCc1nc(-c2ccc3c(c2)OCO3)c2cc3c(cc2n1)OCO3. The van der Waals surface area contributed by atoms with E-state index in [-0.39, 0.29) is 13.6 Å². The monoisotopic (exact) mass is 370 g/mol. The summed E-state index contributed by atoms with van der Waals surface area (Å²) in [7, 11) is 0. The summed E-state index contributed by atoms with van der Waals surface area (Å²) < 4.78 is 21.9. The lowest BCUT2D eigenvalue weighted by molar-refractivity contribution is 0.173. The van der Waals surface area contributed by atoms with Crippen LogP contribution in [0.3, 0.4) is 0 Å². The summed E-state index contributed by atoms with van der Waals surface area (Å²) in [5.41, 5.74) is 2.59. The molecular weight excluding hydrogens is 356 g/mol. The quantitative estimate of drug-likeness (QED) is 0.648. The van der Waals surface area contributed by atoms with Crippen molar-refractivity contribution in [2.75, 3.05) is 19.5 Å². The van der Waals surface area contributed by atoms with Crippen molar-refractivity contribution < 1.29 is 18.9 Å². The molecule has 0 amide bonds. The van der Waals surface area contributed by atoms with Gasteiger partial charge in [-0.05, 0) is 30.7 Å². The first-order valence-electron chi connectivity index (χ1n) is 8.38. The summed E-state index contributed by atoms with van der Waals surface area (Å²) in [4.78, 5) is 9.48. The van der Waals surface area contributed by atoms with E-state index in [9.17, 15) is 0 Å². The Balaban J connectivity index is 1.70. The Morgan fingerprint density at radius 3 is 2.38 bits per heavy atom. The molecule has 3 aromatic rings. The number of fused-ring (bicyclic) bond motifs is 3. The molecule has 6 nitrogen and oxygen atoms in total. The predicted molar refractivity (Wildman–Crippen MR) is 96.3 cm³/mol. The van der Waals surface area contributed by atoms with Crippen molar-refractivity contribution in [3.63, 3.8) is 0 Å². The number of hydrogen-bond acceptors (Lipinski definition) is 6. The molecule has 0 atom stereocenters. The Morgan fingerprint density at radius 1 is 0.846 bits per heavy atom. The van der Waals surface area contributed by atoms with E-state index in [1.165, 1.54) is 0 Å². The summed E-state index contributed by atoms with van der Waals surface area (Å²) in [6.45, 7) is 0.459. The zero-order valence-corrected chi connectivity index (χ0v) is 14.6. The number of alkyl halides is 1. The third-order valence-electron chi connectivity index (χ3n) is 4.42. The molecule has 2 aliphatic rings. The van der Waals surface area contributed by atoms with E-state index in [4.69, 9.17) is 35.5 Å². The van der Waals surface area contributed by atoms with Crippen LogP contribution in [-0.2, 0) is 6.42 Å². The molecule has 0 fully saturated rings. The Morgan fingerprint density at radius 2 is 1.58 bits per heavy atom. The van der Waals surface area contributed by atoms with Crippen LogP contribution in [0.2, 0.25) is 0 Å². The summed E-state index contributed by atoms with van der Waals surface area (Å²) in [6, 6.07) is 9.66. The largest absolute Gasteiger partial charge is 0.454 e. The molecule has 26 heavy (non-hydrogen) atoms. The minimum absolute atomic E-state index is 0.220. The van der Waals surface area contributed by atoms with Gasteiger partial charge in [0.15, 0.2) is 23.0 Å². The lowest BCUT2D eigenvalue weighted by Crippen LogP contribution is -2.00. The Labute approximate surface area is 154 Å². The third kappa shape index (κ3) is 2.57. The summed E-state index contributed by atoms with van der Waals surface area (Å²) >= 11 is 5.84. The van der Waals surface area contributed by atoms with Gasteiger partial charge >= 0.3 is 0 Å². The van der Waals surface area contributed by atoms with Gasteiger partial charge in [-0.2, -0.15) is 0 Å². The average Bonchev–Trinajstić information content (AvgIpc) is 3.31. The van der Waals surface area contributed by atoms with Gasteiger partial charge in [0.25, 0.3) is 0 Å². The van der Waals surface area contributed by atoms with Crippen molar-refractivity contribution >= 4 is 22.5 Å². The lowest BCUT2D eigenvalue weighted by atomic mass is 10.0. The molecule has 0 spiro atoms. The van der Waals surface area contributed by atoms with Crippen molar-refractivity contribution in [2.24, 2.45) is 0 Å². The molecule has 132 valence electrons. The van der Waals surface area contributed by atoms with E-state index in [2.05, 4.69) is 4.98 Å². The van der Waals surface area contributed by atoms with Crippen molar-refractivity contribution in [2.45, 2.75) is 12.8 Å². The van der Waals surface area contributed by atoms with Crippen LogP contribution in [0.25, 0.3) is 22.2 Å². The van der Waals surface area contributed by atoms with Crippen molar-refractivity contribution in [3.05, 3.63) is 36.2 Å². The number of halogens is 1. The molecule has 1 aromatic heterocycles. The van der Waals surface area contributed by atoms with Crippen LogP contribution in [0, 0.1) is 0 Å². The highest BCUT2D eigenvalue weighted by atomic mass is 35.5. The molecule has 5 rings (SSSR count). The van der Waals surface area contributed by atoms with Gasteiger partial charge in [-0.25, -0.2) is 9.97 Å². The van der Waals surface area contributed by atoms with Gasteiger partial charge in [-0.15, -0.1) is 11.6 Å². The fraction of sp³-hybridized carbons (Fsp3) is 0.263.